The quantitative estimate of drug-likeness (QED) is 0.739. The van der Waals surface area contributed by atoms with E-state index in [9.17, 15) is 8.78 Å². The van der Waals surface area contributed by atoms with Gasteiger partial charge in [0.05, 0.1) is 10.7 Å². The molecule has 21 heavy (non-hydrogen) atoms. The number of nitrogens with two attached hydrogens (primary N) is 1. The summed E-state index contributed by atoms with van der Waals surface area (Å²) in [6, 6.07) is 8.06. The number of aromatic nitrogens is 4. The zero-order valence-corrected chi connectivity index (χ0v) is 11.2. The van der Waals surface area contributed by atoms with Gasteiger partial charge in [-0.05, 0) is 34.7 Å². The maximum Gasteiger partial charge on any atom is 0.189 e. The van der Waals surface area contributed by atoms with Crippen molar-refractivity contribution in [3.8, 4) is 17.1 Å². The predicted molar refractivity (Wildman–Crippen MR) is 73.9 cm³/mol. The summed E-state index contributed by atoms with van der Waals surface area (Å²) in [5.74, 6) is -1.27. The lowest BCUT2D eigenvalue weighted by atomic mass is 10.1. The Morgan fingerprint density at radius 1 is 1.14 bits per heavy atom. The average molecular weight is 308 g/mol. The Morgan fingerprint density at radius 2 is 1.95 bits per heavy atom. The van der Waals surface area contributed by atoms with Crippen LogP contribution < -0.4 is 5.73 Å². The van der Waals surface area contributed by atoms with Crippen molar-refractivity contribution in [3.05, 3.63) is 53.1 Å². The van der Waals surface area contributed by atoms with Gasteiger partial charge in [0.25, 0.3) is 0 Å². The highest BCUT2D eigenvalue weighted by atomic mass is 35.5. The Morgan fingerprint density at radius 3 is 2.71 bits per heavy atom. The van der Waals surface area contributed by atoms with Crippen LogP contribution >= 0.6 is 11.6 Å². The summed E-state index contributed by atoms with van der Waals surface area (Å²) >= 11 is 5.95. The normalized spacial score (nSPS) is 10.8. The Labute approximate surface area is 123 Å². The van der Waals surface area contributed by atoms with E-state index in [0.717, 1.165) is 16.8 Å². The highest BCUT2D eigenvalue weighted by Gasteiger charge is 2.17. The molecule has 0 aliphatic carbocycles. The highest BCUT2D eigenvalue weighted by Crippen LogP contribution is 2.31. The summed E-state index contributed by atoms with van der Waals surface area (Å²) in [6.07, 6.45) is 0. The van der Waals surface area contributed by atoms with Crippen LogP contribution in [0.3, 0.4) is 0 Å². The van der Waals surface area contributed by atoms with Gasteiger partial charge in [-0.3, -0.25) is 0 Å². The first-order valence-corrected chi connectivity index (χ1v) is 6.24. The third-order valence-corrected chi connectivity index (χ3v) is 3.23. The minimum atomic E-state index is -0.788. The minimum absolute atomic E-state index is 0.00998. The number of nitrogen functional groups attached to an aromatic ring is 1. The summed E-state index contributed by atoms with van der Waals surface area (Å²) in [6.45, 7) is 0. The molecule has 5 nitrogen and oxygen atoms in total. The van der Waals surface area contributed by atoms with E-state index in [1.54, 1.807) is 18.2 Å². The summed E-state index contributed by atoms with van der Waals surface area (Å²) in [7, 11) is 0. The van der Waals surface area contributed by atoms with Gasteiger partial charge < -0.3 is 5.73 Å². The SMILES string of the molecule is Nc1c(Cl)cccc1-c1nnnn1-c1ccc(F)cc1F. The number of hydrogen-bond donors (Lipinski definition) is 1. The maximum atomic E-state index is 13.9. The van der Waals surface area contributed by atoms with Crippen LogP contribution in [0.5, 0.6) is 0 Å². The fourth-order valence-corrected chi connectivity index (χ4v) is 2.08. The molecule has 0 unspecified atom stereocenters. The van der Waals surface area contributed by atoms with Crippen LogP contribution in [-0.2, 0) is 0 Å². The third kappa shape index (κ3) is 2.31. The molecule has 0 fully saturated rings. The molecule has 8 heteroatoms. The zero-order valence-electron chi connectivity index (χ0n) is 10.5. The van der Waals surface area contributed by atoms with Crippen LogP contribution in [0.4, 0.5) is 14.5 Å². The number of nitrogens with zero attached hydrogens (tertiary/aromatic N) is 4. The van der Waals surface area contributed by atoms with E-state index in [1.807, 2.05) is 0 Å². The molecular weight excluding hydrogens is 300 g/mol. The number of tetrazole rings is 1. The van der Waals surface area contributed by atoms with Crippen molar-refractivity contribution >= 4 is 17.3 Å². The topological polar surface area (TPSA) is 69.6 Å². The lowest BCUT2D eigenvalue weighted by Gasteiger charge is -2.08. The summed E-state index contributed by atoms with van der Waals surface area (Å²) in [5.41, 5.74) is 6.63. The number of anilines is 1. The van der Waals surface area contributed by atoms with Crippen molar-refractivity contribution in [2.24, 2.45) is 0 Å². The molecule has 3 rings (SSSR count). The molecule has 0 atom stereocenters. The Balaban J connectivity index is 2.20. The van der Waals surface area contributed by atoms with Crippen molar-refractivity contribution in [2.75, 3.05) is 5.73 Å². The molecule has 1 aromatic heterocycles. The second-order valence-electron chi connectivity index (χ2n) is 4.21. The largest absolute Gasteiger partial charge is 0.397 e. The monoisotopic (exact) mass is 307 g/mol. The molecule has 3 aromatic rings. The Hall–Kier alpha value is -2.54. The molecule has 0 saturated heterocycles. The molecule has 0 saturated carbocycles. The molecule has 106 valence electrons. The Bertz CT molecular complexity index is 818. The van der Waals surface area contributed by atoms with Crippen molar-refractivity contribution < 1.29 is 8.78 Å². The highest BCUT2D eigenvalue weighted by molar-refractivity contribution is 6.33. The van der Waals surface area contributed by atoms with Gasteiger partial charge in [0.15, 0.2) is 11.6 Å². The van der Waals surface area contributed by atoms with E-state index in [0.29, 0.717) is 10.6 Å². The molecule has 0 aliphatic rings. The second-order valence-corrected chi connectivity index (χ2v) is 4.62. The van der Waals surface area contributed by atoms with Crippen LogP contribution in [0.25, 0.3) is 17.1 Å². The molecule has 2 N–H and O–H groups in total. The van der Waals surface area contributed by atoms with Crippen molar-refractivity contribution in [2.45, 2.75) is 0 Å². The molecule has 1 heterocycles. The summed E-state index contributed by atoms with van der Waals surface area (Å²) < 4.78 is 28.0. The predicted octanol–water partition coefficient (Wildman–Crippen LogP) is 2.84. The molecule has 0 amide bonds. The minimum Gasteiger partial charge on any atom is -0.397 e. The van der Waals surface area contributed by atoms with E-state index in [1.165, 1.54) is 6.07 Å². The number of benzene rings is 2. The van der Waals surface area contributed by atoms with Crippen LogP contribution in [0.2, 0.25) is 5.02 Å². The van der Waals surface area contributed by atoms with Gasteiger partial charge >= 0.3 is 0 Å². The molecule has 0 radical (unpaired) electrons. The van der Waals surface area contributed by atoms with Gasteiger partial charge in [0.2, 0.25) is 0 Å². The van der Waals surface area contributed by atoms with E-state index in [4.69, 9.17) is 17.3 Å². The van der Waals surface area contributed by atoms with E-state index >= 15 is 0 Å². The van der Waals surface area contributed by atoms with E-state index in [2.05, 4.69) is 15.5 Å². The first kappa shape index (κ1) is 13.4. The van der Waals surface area contributed by atoms with Gasteiger partial charge in [0.1, 0.15) is 11.5 Å². The van der Waals surface area contributed by atoms with Gasteiger partial charge in [0, 0.05) is 11.6 Å². The van der Waals surface area contributed by atoms with Crippen LogP contribution in [0.15, 0.2) is 36.4 Å². The number of rotatable bonds is 2. The van der Waals surface area contributed by atoms with E-state index < -0.39 is 11.6 Å². The third-order valence-electron chi connectivity index (χ3n) is 2.90. The van der Waals surface area contributed by atoms with Crippen molar-refractivity contribution in [3.63, 3.8) is 0 Å². The summed E-state index contributed by atoms with van der Waals surface area (Å²) in [4.78, 5) is 0. The summed E-state index contributed by atoms with van der Waals surface area (Å²) in [5, 5.41) is 11.4. The van der Waals surface area contributed by atoms with Gasteiger partial charge in [-0.1, -0.05) is 17.7 Å². The zero-order chi connectivity index (χ0) is 15.0. The van der Waals surface area contributed by atoms with Crippen LogP contribution in [0, 0.1) is 11.6 Å². The van der Waals surface area contributed by atoms with E-state index in [-0.39, 0.29) is 17.2 Å². The smallest absolute Gasteiger partial charge is 0.189 e. The maximum absolute atomic E-state index is 13.9. The fraction of sp³-hybridized carbons (Fsp3) is 0. The molecule has 0 bridgehead atoms. The Kier molecular flexibility index (Phi) is 3.26. The van der Waals surface area contributed by atoms with Crippen LogP contribution in [-0.4, -0.2) is 20.2 Å². The van der Waals surface area contributed by atoms with Crippen LogP contribution in [0.1, 0.15) is 0 Å². The molecule has 2 aromatic carbocycles. The van der Waals surface area contributed by atoms with Gasteiger partial charge in [-0.15, -0.1) is 5.10 Å². The number of para-hydroxylation sites is 1. The number of hydrogen-bond acceptors (Lipinski definition) is 4. The standard InChI is InChI=1S/C13H8ClF2N5/c14-9-3-1-2-8(12(9)17)13-18-19-20-21(13)11-5-4-7(15)6-10(11)16/h1-6H,17H2. The lowest BCUT2D eigenvalue weighted by molar-refractivity contribution is 0.572. The van der Waals surface area contributed by atoms with Crippen molar-refractivity contribution in [1.82, 2.24) is 20.2 Å². The first-order valence-electron chi connectivity index (χ1n) is 5.86. The fourth-order valence-electron chi connectivity index (χ4n) is 1.90. The second kappa shape index (κ2) is 5.10. The van der Waals surface area contributed by atoms with Gasteiger partial charge in [-0.25, -0.2) is 8.78 Å². The van der Waals surface area contributed by atoms with Crippen molar-refractivity contribution in [1.29, 1.82) is 0 Å². The number of halogens is 3. The first-order chi connectivity index (χ1) is 10.1. The molecule has 0 aliphatic heterocycles. The molecule has 0 spiro atoms. The van der Waals surface area contributed by atoms with Gasteiger partial charge in [-0.2, -0.15) is 4.68 Å². The molecular formula is C13H8ClF2N5. The average Bonchev–Trinajstić information content (AvgIpc) is 2.91. The lowest BCUT2D eigenvalue weighted by Crippen LogP contribution is -2.04.